The van der Waals surface area contributed by atoms with E-state index in [-0.39, 0.29) is 30.4 Å². The quantitative estimate of drug-likeness (QED) is 0.678. The van der Waals surface area contributed by atoms with Crippen LogP contribution in [0.2, 0.25) is 5.02 Å². The number of nitrogens with one attached hydrogen (secondary N) is 1. The van der Waals surface area contributed by atoms with Crippen LogP contribution in [0.3, 0.4) is 0 Å². The molecule has 2 aliphatic rings. The first-order valence-corrected chi connectivity index (χ1v) is 10.9. The molecule has 0 radical (unpaired) electrons. The standard InChI is InChI=1S/C22H28ClN5O3/c1-13-14(2)26(9-8-24-13)21(30)27-11-18-19(20(29)31-22(3,4)5)25-12-28(18)16-7-6-15(23)10-17(16)27/h6-7,10,12-14,24H,8-9,11H2,1-5H3/t13-,14+/m1/s1. The van der Waals surface area contributed by atoms with Gasteiger partial charge in [-0.2, -0.15) is 0 Å². The van der Waals surface area contributed by atoms with Crippen molar-refractivity contribution in [2.45, 2.75) is 58.8 Å². The maximum atomic E-state index is 13.7. The lowest BCUT2D eigenvalue weighted by atomic mass is 10.1. The Balaban J connectivity index is 1.75. The number of esters is 1. The Morgan fingerprint density at radius 3 is 2.68 bits per heavy atom. The van der Waals surface area contributed by atoms with Crippen molar-refractivity contribution in [1.29, 1.82) is 0 Å². The van der Waals surface area contributed by atoms with Crippen LogP contribution < -0.4 is 10.2 Å². The van der Waals surface area contributed by atoms with E-state index in [1.807, 2.05) is 43.2 Å². The molecule has 4 rings (SSSR count). The van der Waals surface area contributed by atoms with Crippen LogP contribution in [0.1, 0.15) is 50.8 Å². The first-order chi connectivity index (χ1) is 14.6. The molecular weight excluding hydrogens is 418 g/mol. The van der Waals surface area contributed by atoms with Gasteiger partial charge in [-0.3, -0.25) is 9.47 Å². The number of amides is 2. The van der Waals surface area contributed by atoms with Crippen LogP contribution >= 0.6 is 11.6 Å². The molecule has 1 aromatic carbocycles. The van der Waals surface area contributed by atoms with E-state index in [4.69, 9.17) is 16.3 Å². The van der Waals surface area contributed by atoms with Gasteiger partial charge in [0.15, 0.2) is 5.69 Å². The van der Waals surface area contributed by atoms with Crippen LogP contribution in [0.5, 0.6) is 0 Å². The van der Waals surface area contributed by atoms with E-state index in [0.29, 0.717) is 22.9 Å². The first-order valence-electron chi connectivity index (χ1n) is 10.5. The molecule has 0 aliphatic carbocycles. The monoisotopic (exact) mass is 445 g/mol. The van der Waals surface area contributed by atoms with E-state index in [9.17, 15) is 9.59 Å². The van der Waals surface area contributed by atoms with E-state index in [1.54, 1.807) is 23.4 Å². The van der Waals surface area contributed by atoms with Gasteiger partial charge in [0.1, 0.15) is 11.9 Å². The average molecular weight is 446 g/mol. The minimum absolute atomic E-state index is 0.0287. The van der Waals surface area contributed by atoms with Gasteiger partial charge < -0.3 is 15.0 Å². The van der Waals surface area contributed by atoms with Crippen molar-refractivity contribution in [3.05, 3.63) is 40.9 Å². The Labute approximate surface area is 187 Å². The highest BCUT2D eigenvalue weighted by molar-refractivity contribution is 6.31. The number of hydrogen-bond acceptors (Lipinski definition) is 5. The number of carbonyl (C=O) groups is 2. The topological polar surface area (TPSA) is 79.7 Å². The number of fused-ring (bicyclic) bond motifs is 3. The van der Waals surface area contributed by atoms with Crippen LogP contribution in [-0.2, 0) is 11.3 Å². The summed E-state index contributed by atoms with van der Waals surface area (Å²) in [6.45, 7) is 11.1. The molecule has 0 spiro atoms. The van der Waals surface area contributed by atoms with Gasteiger partial charge in [0.25, 0.3) is 0 Å². The van der Waals surface area contributed by atoms with Crippen molar-refractivity contribution in [2.75, 3.05) is 18.0 Å². The van der Waals surface area contributed by atoms with E-state index < -0.39 is 11.6 Å². The summed E-state index contributed by atoms with van der Waals surface area (Å²) in [4.78, 5) is 34.3. The normalized spacial score (nSPS) is 20.8. The summed E-state index contributed by atoms with van der Waals surface area (Å²) in [5, 5.41) is 3.93. The summed E-state index contributed by atoms with van der Waals surface area (Å²) >= 11 is 6.28. The van der Waals surface area contributed by atoms with Gasteiger partial charge in [0.05, 0.1) is 23.6 Å². The van der Waals surface area contributed by atoms with Crippen LogP contribution in [0.4, 0.5) is 10.5 Å². The van der Waals surface area contributed by atoms with E-state index in [1.165, 1.54) is 0 Å². The maximum Gasteiger partial charge on any atom is 0.359 e. The molecule has 2 atom stereocenters. The van der Waals surface area contributed by atoms with Gasteiger partial charge in [0.2, 0.25) is 0 Å². The lowest BCUT2D eigenvalue weighted by Gasteiger charge is -2.42. The molecule has 1 fully saturated rings. The fourth-order valence-electron chi connectivity index (χ4n) is 4.03. The minimum Gasteiger partial charge on any atom is -0.455 e. The number of nitrogens with zero attached hydrogens (tertiary/aromatic N) is 4. The number of ether oxygens (including phenoxy) is 1. The summed E-state index contributed by atoms with van der Waals surface area (Å²) < 4.78 is 7.37. The summed E-state index contributed by atoms with van der Waals surface area (Å²) in [6, 6.07) is 5.48. The smallest absolute Gasteiger partial charge is 0.359 e. The second kappa shape index (κ2) is 7.84. The van der Waals surface area contributed by atoms with E-state index >= 15 is 0 Å². The van der Waals surface area contributed by atoms with Crippen LogP contribution in [-0.4, -0.2) is 57.2 Å². The molecule has 0 saturated carbocycles. The molecule has 0 unspecified atom stereocenters. The molecule has 1 aromatic heterocycles. The molecule has 3 heterocycles. The molecule has 9 heteroatoms. The highest BCUT2D eigenvalue weighted by Gasteiger charge is 2.37. The summed E-state index contributed by atoms with van der Waals surface area (Å²) in [5.41, 5.74) is 1.63. The lowest BCUT2D eigenvalue weighted by molar-refractivity contribution is 0.00619. The third-order valence-corrected chi connectivity index (χ3v) is 6.00. The molecule has 1 saturated heterocycles. The molecule has 1 N–H and O–H groups in total. The SMILES string of the molecule is C[C@H]1NCCN(C(=O)N2Cc3c(C(=O)OC(C)(C)C)ncn3-c3ccc(Cl)cc32)[C@H]1C. The number of anilines is 1. The Kier molecular flexibility index (Phi) is 5.47. The van der Waals surface area contributed by atoms with Crippen LogP contribution in [0.15, 0.2) is 24.5 Å². The largest absolute Gasteiger partial charge is 0.455 e. The lowest BCUT2D eigenvalue weighted by Crippen LogP contribution is -2.60. The van der Waals surface area contributed by atoms with Crippen molar-refractivity contribution in [3.8, 4) is 5.69 Å². The summed E-state index contributed by atoms with van der Waals surface area (Å²) in [5.74, 6) is -0.504. The predicted octanol–water partition coefficient (Wildman–Crippen LogP) is 3.60. The van der Waals surface area contributed by atoms with E-state index in [2.05, 4.69) is 17.2 Å². The zero-order valence-corrected chi connectivity index (χ0v) is 19.2. The number of imidazole rings is 1. The van der Waals surface area contributed by atoms with Gasteiger partial charge in [0, 0.05) is 30.2 Å². The minimum atomic E-state index is -0.643. The molecule has 166 valence electrons. The molecule has 0 bridgehead atoms. The van der Waals surface area contributed by atoms with E-state index in [0.717, 1.165) is 12.2 Å². The zero-order chi connectivity index (χ0) is 22.5. The van der Waals surface area contributed by atoms with Gasteiger partial charge in [-0.1, -0.05) is 11.6 Å². The fraction of sp³-hybridized carbons (Fsp3) is 0.500. The van der Waals surface area contributed by atoms with Gasteiger partial charge in [-0.05, 0) is 52.8 Å². The number of aromatic nitrogens is 2. The first kappa shape index (κ1) is 21.6. The Morgan fingerprint density at radius 1 is 1.23 bits per heavy atom. The van der Waals surface area contributed by atoms with Crippen molar-refractivity contribution < 1.29 is 14.3 Å². The summed E-state index contributed by atoms with van der Waals surface area (Å²) in [6.07, 6.45) is 1.60. The van der Waals surface area contributed by atoms with Gasteiger partial charge in [-0.15, -0.1) is 0 Å². The van der Waals surface area contributed by atoms with Gasteiger partial charge >= 0.3 is 12.0 Å². The molecule has 2 aromatic rings. The predicted molar refractivity (Wildman–Crippen MR) is 119 cm³/mol. The number of benzene rings is 1. The number of halogens is 1. The molecular formula is C22H28ClN5O3. The van der Waals surface area contributed by atoms with Crippen LogP contribution in [0.25, 0.3) is 5.69 Å². The molecule has 8 nitrogen and oxygen atoms in total. The van der Waals surface area contributed by atoms with Crippen molar-refractivity contribution in [2.24, 2.45) is 0 Å². The van der Waals surface area contributed by atoms with Crippen molar-refractivity contribution in [1.82, 2.24) is 19.8 Å². The van der Waals surface area contributed by atoms with Crippen molar-refractivity contribution in [3.63, 3.8) is 0 Å². The van der Waals surface area contributed by atoms with Gasteiger partial charge in [-0.25, -0.2) is 14.6 Å². The molecule has 31 heavy (non-hydrogen) atoms. The number of urea groups is 1. The maximum absolute atomic E-state index is 13.7. The average Bonchev–Trinajstić information content (AvgIpc) is 3.11. The number of carbonyl (C=O) groups excluding carboxylic acids is 2. The third kappa shape index (κ3) is 4.02. The Hall–Kier alpha value is -2.58. The van der Waals surface area contributed by atoms with Crippen molar-refractivity contribution >= 4 is 29.3 Å². The summed E-state index contributed by atoms with van der Waals surface area (Å²) in [7, 11) is 0. The zero-order valence-electron chi connectivity index (χ0n) is 18.5. The fourth-order valence-corrected chi connectivity index (χ4v) is 4.20. The second-order valence-corrected chi connectivity index (χ2v) is 9.53. The number of piperazine rings is 1. The Morgan fingerprint density at radius 2 is 1.97 bits per heavy atom. The molecule has 2 amide bonds. The Bertz CT molecular complexity index is 1030. The highest BCUT2D eigenvalue weighted by atomic mass is 35.5. The third-order valence-electron chi connectivity index (χ3n) is 5.77. The highest BCUT2D eigenvalue weighted by Crippen LogP contribution is 2.36. The molecule has 2 aliphatic heterocycles. The number of rotatable bonds is 1. The number of hydrogen-bond donors (Lipinski definition) is 1. The van der Waals surface area contributed by atoms with Crippen LogP contribution in [0, 0.1) is 0 Å². The second-order valence-electron chi connectivity index (χ2n) is 9.09.